The first kappa shape index (κ1) is 23.7. The Kier molecular flexibility index (Phi) is 6.54. The number of amides is 1. The van der Waals surface area contributed by atoms with Gasteiger partial charge in [-0.05, 0) is 50.2 Å². The first-order chi connectivity index (χ1) is 16.2. The van der Waals surface area contributed by atoms with E-state index in [-0.39, 0.29) is 18.8 Å². The van der Waals surface area contributed by atoms with Crippen LogP contribution in [0.5, 0.6) is 5.75 Å². The number of carbonyl (C=O) groups excluding carboxylic acids is 1. The molecular formula is C26H30N4O4. The number of benzene rings is 2. The average Bonchev–Trinajstić information content (AvgIpc) is 2.80. The molecule has 178 valence electrons. The molecule has 0 saturated heterocycles. The van der Waals surface area contributed by atoms with Crippen molar-refractivity contribution >= 4 is 5.91 Å². The van der Waals surface area contributed by atoms with Gasteiger partial charge in [-0.25, -0.2) is 4.98 Å². The minimum atomic E-state index is -0.842. The van der Waals surface area contributed by atoms with Gasteiger partial charge in [0.1, 0.15) is 11.4 Å². The maximum absolute atomic E-state index is 13.0. The fourth-order valence-corrected chi connectivity index (χ4v) is 4.20. The Morgan fingerprint density at radius 2 is 1.88 bits per heavy atom. The molecule has 1 amide bonds. The van der Waals surface area contributed by atoms with E-state index in [4.69, 9.17) is 4.74 Å². The minimum absolute atomic E-state index is 0.216. The van der Waals surface area contributed by atoms with Crippen LogP contribution in [0, 0.1) is 0 Å². The van der Waals surface area contributed by atoms with Crippen LogP contribution in [0.15, 0.2) is 53.3 Å². The molecule has 0 fully saturated rings. The summed E-state index contributed by atoms with van der Waals surface area (Å²) in [5, 5.41) is 13.2. The molecule has 2 N–H and O–H groups in total. The molecule has 0 saturated carbocycles. The molecule has 1 aliphatic rings. The van der Waals surface area contributed by atoms with Crippen LogP contribution in [0.3, 0.4) is 0 Å². The van der Waals surface area contributed by atoms with E-state index >= 15 is 0 Å². The summed E-state index contributed by atoms with van der Waals surface area (Å²) in [6.07, 6.45) is 0. The molecule has 4 rings (SSSR count). The molecule has 1 aliphatic heterocycles. The summed E-state index contributed by atoms with van der Waals surface area (Å²) in [6, 6.07) is 16.1. The van der Waals surface area contributed by atoms with Gasteiger partial charge in [-0.1, -0.05) is 48.5 Å². The third kappa shape index (κ3) is 4.73. The fraction of sp³-hybridized carbons (Fsp3) is 0.346. The van der Waals surface area contributed by atoms with Crippen molar-refractivity contribution < 1.29 is 14.6 Å². The van der Waals surface area contributed by atoms with Gasteiger partial charge in [-0.15, -0.1) is 0 Å². The van der Waals surface area contributed by atoms with E-state index in [1.54, 1.807) is 13.8 Å². The van der Waals surface area contributed by atoms with Crippen LogP contribution in [0.2, 0.25) is 0 Å². The van der Waals surface area contributed by atoms with Gasteiger partial charge >= 0.3 is 0 Å². The smallest absolute Gasteiger partial charge is 0.296 e. The van der Waals surface area contributed by atoms with Crippen molar-refractivity contribution in [2.45, 2.75) is 39.1 Å². The molecule has 8 heteroatoms. The monoisotopic (exact) mass is 462 g/mol. The number of aromatic nitrogens is 2. The molecule has 0 radical (unpaired) electrons. The maximum Gasteiger partial charge on any atom is 0.296 e. The van der Waals surface area contributed by atoms with Crippen LogP contribution in [0.4, 0.5) is 0 Å². The Balaban J connectivity index is 1.57. The fourth-order valence-electron chi connectivity index (χ4n) is 4.20. The Morgan fingerprint density at radius 3 is 2.59 bits per heavy atom. The predicted molar refractivity (Wildman–Crippen MR) is 130 cm³/mol. The SMILES string of the molecule is CN(C)Cc1ccc(-c2ccccc2CNC(=O)c2nc3n(c(=O)c2O)CCOC3(C)C)cc1. The Labute approximate surface area is 198 Å². The zero-order chi connectivity index (χ0) is 24.5. The maximum atomic E-state index is 13.0. The van der Waals surface area contributed by atoms with Gasteiger partial charge in [-0.2, -0.15) is 0 Å². The molecule has 2 heterocycles. The van der Waals surface area contributed by atoms with E-state index in [1.807, 2.05) is 38.4 Å². The second-order valence-electron chi connectivity index (χ2n) is 9.22. The van der Waals surface area contributed by atoms with Gasteiger partial charge in [0.05, 0.1) is 13.2 Å². The highest BCUT2D eigenvalue weighted by atomic mass is 16.5. The van der Waals surface area contributed by atoms with Gasteiger partial charge in [0.25, 0.3) is 11.5 Å². The molecule has 3 aromatic rings. The van der Waals surface area contributed by atoms with Crippen molar-refractivity contribution in [1.29, 1.82) is 0 Å². The lowest BCUT2D eigenvalue weighted by atomic mass is 9.98. The molecule has 2 aromatic carbocycles. The van der Waals surface area contributed by atoms with E-state index in [0.29, 0.717) is 12.4 Å². The molecule has 8 nitrogen and oxygen atoms in total. The first-order valence-electron chi connectivity index (χ1n) is 11.3. The van der Waals surface area contributed by atoms with Crippen LogP contribution in [0.1, 0.15) is 41.3 Å². The zero-order valence-electron chi connectivity index (χ0n) is 20.0. The topological polar surface area (TPSA) is 96.7 Å². The second-order valence-corrected chi connectivity index (χ2v) is 9.22. The summed E-state index contributed by atoms with van der Waals surface area (Å²) in [5.74, 6) is -0.941. The van der Waals surface area contributed by atoms with E-state index < -0.39 is 22.8 Å². The minimum Gasteiger partial charge on any atom is -0.501 e. The van der Waals surface area contributed by atoms with Gasteiger partial charge in [0.2, 0.25) is 5.75 Å². The standard InChI is InChI=1S/C26H30N4O4/c1-26(2)25-28-21(22(31)24(33)30(25)13-14-34-26)23(32)27-15-19-7-5-6-8-20(19)18-11-9-17(10-12-18)16-29(3)4/h5-12,31H,13-16H2,1-4H3,(H,27,32). The van der Waals surface area contributed by atoms with Crippen molar-refractivity contribution in [2.24, 2.45) is 0 Å². The van der Waals surface area contributed by atoms with E-state index in [1.165, 1.54) is 10.1 Å². The summed E-state index contributed by atoms with van der Waals surface area (Å²) in [5.41, 5.74) is 2.40. The summed E-state index contributed by atoms with van der Waals surface area (Å²) < 4.78 is 7.07. The Bertz CT molecular complexity index is 1260. The van der Waals surface area contributed by atoms with Crippen molar-refractivity contribution in [1.82, 2.24) is 19.8 Å². The molecule has 0 bridgehead atoms. The van der Waals surface area contributed by atoms with Gasteiger partial charge < -0.3 is 20.1 Å². The second kappa shape index (κ2) is 9.40. The quantitative estimate of drug-likeness (QED) is 0.585. The number of ether oxygens (including phenoxy) is 1. The predicted octanol–water partition coefficient (Wildman–Crippen LogP) is 2.87. The molecule has 0 aliphatic carbocycles. The lowest BCUT2D eigenvalue weighted by Gasteiger charge is -2.32. The van der Waals surface area contributed by atoms with Crippen molar-refractivity contribution in [3.63, 3.8) is 0 Å². The van der Waals surface area contributed by atoms with Gasteiger partial charge in [0, 0.05) is 13.1 Å². The lowest BCUT2D eigenvalue weighted by molar-refractivity contribution is -0.0566. The van der Waals surface area contributed by atoms with E-state index in [0.717, 1.165) is 23.2 Å². The summed E-state index contributed by atoms with van der Waals surface area (Å²) in [4.78, 5) is 32.1. The Hall–Kier alpha value is -3.49. The molecular weight excluding hydrogens is 432 g/mol. The van der Waals surface area contributed by atoms with Crippen LogP contribution in [0.25, 0.3) is 11.1 Å². The highest BCUT2D eigenvalue weighted by molar-refractivity contribution is 5.94. The van der Waals surface area contributed by atoms with Crippen molar-refractivity contribution in [2.75, 3.05) is 20.7 Å². The van der Waals surface area contributed by atoms with Crippen molar-refractivity contribution in [3.8, 4) is 16.9 Å². The van der Waals surface area contributed by atoms with E-state index in [2.05, 4.69) is 39.5 Å². The van der Waals surface area contributed by atoms with Gasteiger partial charge in [0.15, 0.2) is 5.69 Å². The number of carbonyl (C=O) groups is 1. The number of hydrogen-bond donors (Lipinski definition) is 2. The molecule has 1 aromatic heterocycles. The van der Waals surface area contributed by atoms with E-state index in [9.17, 15) is 14.7 Å². The van der Waals surface area contributed by atoms with Crippen LogP contribution in [-0.4, -0.2) is 46.2 Å². The lowest BCUT2D eigenvalue weighted by Crippen LogP contribution is -2.42. The molecule has 34 heavy (non-hydrogen) atoms. The third-order valence-corrected chi connectivity index (χ3v) is 5.90. The summed E-state index contributed by atoms with van der Waals surface area (Å²) >= 11 is 0. The largest absolute Gasteiger partial charge is 0.501 e. The normalized spacial score (nSPS) is 14.6. The number of fused-ring (bicyclic) bond motifs is 1. The Morgan fingerprint density at radius 1 is 1.18 bits per heavy atom. The number of aromatic hydroxyl groups is 1. The number of nitrogens with one attached hydrogen (secondary N) is 1. The average molecular weight is 463 g/mol. The highest BCUT2D eigenvalue weighted by Gasteiger charge is 2.34. The zero-order valence-corrected chi connectivity index (χ0v) is 20.0. The molecule has 0 spiro atoms. The highest BCUT2D eigenvalue weighted by Crippen LogP contribution is 2.28. The number of hydrogen-bond acceptors (Lipinski definition) is 6. The van der Waals surface area contributed by atoms with Gasteiger partial charge in [-0.3, -0.25) is 14.2 Å². The number of rotatable bonds is 6. The molecule has 0 atom stereocenters. The van der Waals surface area contributed by atoms with Crippen molar-refractivity contribution in [3.05, 3.63) is 81.5 Å². The molecule has 0 unspecified atom stereocenters. The van der Waals surface area contributed by atoms with Crippen LogP contribution >= 0.6 is 0 Å². The van der Waals surface area contributed by atoms with Crippen LogP contribution in [-0.2, 0) is 30.0 Å². The van der Waals surface area contributed by atoms with Crippen LogP contribution < -0.4 is 10.9 Å². The first-order valence-corrected chi connectivity index (χ1v) is 11.3. The number of nitrogens with zero attached hydrogens (tertiary/aromatic N) is 3. The summed E-state index contributed by atoms with van der Waals surface area (Å²) in [7, 11) is 4.06. The third-order valence-electron chi connectivity index (χ3n) is 5.90. The summed E-state index contributed by atoms with van der Waals surface area (Å²) in [6.45, 7) is 5.25.